The van der Waals surface area contributed by atoms with Crippen LogP contribution in [0.5, 0.6) is 0 Å². The van der Waals surface area contributed by atoms with E-state index in [1.54, 1.807) is 6.07 Å². The van der Waals surface area contributed by atoms with Crippen molar-refractivity contribution in [2.24, 2.45) is 0 Å². The van der Waals surface area contributed by atoms with Crippen molar-refractivity contribution in [1.29, 1.82) is 5.26 Å². The van der Waals surface area contributed by atoms with Crippen molar-refractivity contribution in [2.75, 3.05) is 6.61 Å². The monoisotopic (exact) mass is 204 g/mol. The molecule has 0 aromatic heterocycles. The predicted octanol–water partition coefficient (Wildman–Crippen LogP) is 0.750. The quantitative estimate of drug-likeness (QED) is 0.760. The summed E-state index contributed by atoms with van der Waals surface area (Å²) in [6, 6.07) is 10.5. The minimum Gasteiger partial charge on any atom is -0.394 e. The zero-order valence-corrected chi connectivity index (χ0v) is 8.18. The fourth-order valence-electron chi connectivity index (χ4n) is 1.24. The van der Waals surface area contributed by atoms with Crippen LogP contribution >= 0.6 is 0 Å². The Morgan fingerprint density at radius 3 is 2.67 bits per heavy atom. The van der Waals surface area contributed by atoms with E-state index in [0.29, 0.717) is 0 Å². The largest absolute Gasteiger partial charge is 0.394 e. The van der Waals surface area contributed by atoms with Crippen LogP contribution in [0, 0.1) is 11.3 Å². The molecule has 1 amide bonds. The summed E-state index contributed by atoms with van der Waals surface area (Å²) in [6.45, 7) is -0.179. The molecule has 0 aliphatic heterocycles. The minimum absolute atomic E-state index is 0.179. The molecule has 1 atom stereocenters. The molecule has 0 bridgehead atoms. The second-order valence-electron chi connectivity index (χ2n) is 3.05. The number of aliphatic hydroxyl groups is 1. The van der Waals surface area contributed by atoms with Gasteiger partial charge in [0.2, 0.25) is 5.91 Å². The zero-order chi connectivity index (χ0) is 11.1. The molecule has 0 aliphatic rings. The second kappa shape index (κ2) is 5.78. The van der Waals surface area contributed by atoms with E-state index in [2.05, 4.69) is 5.32 Å². The summed E-state index contributed by atoms with van der Waals surface area (Å²) in [5, 5.41) is 20.0. The van der Waals surface area contributed by atoms with Crippen LogP contribution in [-0.4, -0.2) is 17.6 Å². The van der Waals surface area contributed by atoms with Gasteiger partial charge in [-0.25, -0.2) is 0 Å². The number of hydrogen-bond acceptors (Lipinski definition) is 3. The third-order valence-corrected chi connectivity index (χ3v) is 1.96. The van der Waals surface area contributed by atoms with E-state index < -0.39 is 6.04 Å². The first-order chi connectivity index (χ1) is 7.27. The molecule has 0 heterocycles. The molecule has 0 saturated carbocycles. The molecule has 0 spiro atoms. The zero-order valence-electron chi connectivity index (χ0n) is 8.18. The van der Waals surface area contributed by atoms with Crippen LogP contribution in [0.25, 0.3) is 0 Å². The Labute approximate surface area is 88.2 Å². The van der Waals surface area contributed by atoms with Crippen molar-refractivity contribution in [3.8, 4) is 6.07 Å². The van der Waals surface area contributed by atoms with Crippen LogP contribution in [0.3, 0.4) is 0 Å². The number of rotatable bonds is 4. The summed E-state index contributed by atoms with van der Waals surface area (Å²) in [5.41, 5.74) is 0.825. The van der Waals surface area contributed by atoms with Crippen molar-refractivity contribution in [3.63, 3.8) is 0 Å². The lowest BCUT2D eigenvalue weighted by Crippen LogP contribution is -2.30. The van der Waals surface area contributed by atoms with Crippen molar-refractivity contribution in [3.05, 3.63) is 35.9 Å². The summed E-state index contributed by atoms with van der Waals surface area (Å²) in [4.78, 5) is 11.1. The maximum Gasteiger partial charge on any atom is 0.234 e. The summed E-state index contributed by atoms with van der Waals surface area (Å²) in [5.74, 6) is -0.375. The summed E-state index contributed by atoms with van der Waals surface area (Å²) >= 11 is 0. The molecule has 1 aromatic rings. The van der Waals surface area contributed by atoms with E-state index in [4.69, 9.17) is 10.4 Å². The van der Waals surface area contributed by atoms with Crippen molar-refractivity contribution >= 4 is 5.91 Å². The standard InChI is InChI=1S/C11H12N2O2/c12-7-6-11(15)13-10(8-14)9-4-2-1-3-5-9/h1-5,10,14H,6,8H2,(H,13,15). The molecular formula is C11H12N2O2. The normalized spacial score (nSPS) is 11.5. The van der Waals surface area contributed by atoms with Gasteiger partial charge in [-0.3, -0.25) is 4.79 Å². The number of carbonyl (C=O) groups is 1. The Hall–Kier alpha value is -1.86. The molecule has 4 nitrogen and oxygen atoms in total. The Bertz CT molecular complexity index is 357. The van der Waals surface area contributed by atoms with Gasteiger partial charge in [0.25, 0.3) is 0 Å². The Balaban J connectivity index is 2.65. The van der Waals surface area contributed by atoms with E-state index in [0.717, 1.165) is 5.56 Å². The topological polar surface area (TPSA) is 73.1 Å². The highest BCUT2D eigenvalue weighted by Crippen LogP contribution is 2.11. The van der Waals surface area contributed by atoms with Gasteiger partial charge >= 0.3 is 0 Å². The molecule has 1 aromatic carbocycles. The van der Waals surface area contributed by atoms with Crippen LogP contribution in [0.2, 0.25) is 0 Å². The Kier molecular flexibility index (Phi) is 4.32. The summed E-state index contributed by atoms with van der Waals surface area (Å²) in [6.07, 6.45) is -0.191. The number of nitrogens with one attached hydrogen (secondary N) is 1. The lowest BCUT2D eigenvalue weighted by molar-refractivity contribution is -0.121. The fraction of sp³-hybridized carbons (Fsp3) is 0.273. The van der Waals surface area contributed by atoms with E-state index in [1.165, 1.54) is 0 Å². The van der Waals surface area contributed by atoms with Gasteiger partial charge in [-0.05, 0) is 5.56 Å². The van der Waals surface area contributed by atoms with E-state index in [1.807, 2.05) is 30.3 Å². The molecule has 78 valence electrons. The van der Waals surface area contributed by atoms with Gasteiger partial charge in [0, 0.05) is 0 Å². The molecule has 0 aliphatic carbocycles. The maximum absolute atomic E-state index is 11.1. The van der Waals surface area contributed by atoms with Gasteiger partial charge in [-0.1, -0.05) is 30.3 Å². The number of carbonyl (C=O) groups excluding carboxylic acids is 1. The third-order valence-electron chi connectivity index (χ3n) is 1.96. The van der Waals surface area contributed by atoms with Crippen LogP contribution in [0.4, 0.5) is 0 Å². The highest BCUT2D eigenvalue weighted by molar-refractivity contribution is 5.78. The van der Waals surface area contributed by atoms with Crippen molar-refractivity contribution < 1.29 is 9.90 Å². The van der Waals surface area contributed by atoms with Crippen LogP contribution in [-0.2, 0) is 4.79 Å². The van der Waals surface area contributed by atoms with E-state index in [-0.39, 0.29) is 18.9 Å². The minimum atomic E-state index is -0.438. The number of aliphatic hydroxyl groups excluding tert-OH is 1. The second-order valence-corrected chi connectivity index (χ2v) is 3.05. The van der Waals surface area contributed by atoms with Crippen molar-refractivity contribution in [2.45, 2.75) is 12.5 Å². The van der Waals surface area contributed by atoms with Crippen LogP contribution in [0.1, 0.15) is 18.0 Å². The average Bonchev–Trinajstić information content (AvgIpc) is 2.27. The lowest BCUT2D eigenvalue weighted by Gasteiger charge is -2.15. The lowest BCUT2D eigenvalue weighted by atomic mass is 10.1. The average molecular weight is 204 g/mol. The number of nitriles is 1. The summed E-state index contributed by atoms with van der Waals surface area (Å²) in [7, 11) is 0. The first-order valence-electron chi connectivity index (χ1n) is 4.60. The van der Waals surface area contributed by atoms with Crippen molar-refractivity contribution in [1.82, 2.24) is 5.32 Å². The number of amides is 1. The number of benzene rings is 1. The molecular weight excluding hydrogens is 192 g/mol. The first-order valence-corrected chi connectivity index (χ1v) is 4.60. The van der Waals surface area contributed by atoms with Gasteiger partial charge in [-0.15, -0.1) is 0 Å². The van der Waals surface area contributed by atoms with Gasteiger partial charge in [0.15, 0.2) is 0 Å². The van der Waals surface area contributed by atoms with Crippen LogP contribution < -0.4 is 5.32 Å². The molecule has 15 heavy (non-hydrogen) atoms. The highest BCUT2D eigenvalue weighted by Gasteiger charge is 2.12. The third kappa shape index (κ3) is 3.41. The molecule has 0 fully saturated rings. The van der Waals surface area contributed by atoms with Gasteiger partial charge in [0.05, 0.1) is 18.7 Å². The van der Waals surface area contributed by atoms with Gasteiger partial charge < -0.3 is 10.4 Å². The Morgan fingerprint density at radius 2 is 2.13 bits per heavy atom. The molecule has 0 saturated heterocycles. The maximum atomic E-state index is 11.1. The van der Waals surface area contributed by atoms with E-state index >= 15 is 0 Å². The first kappa shape index (κ1) is 11.2. The molecule has 2 N–H and O–H groups in total. The molecule has 1 rings (SSSR count). The smallest absolute Gasteiger partial charge is 0.234 e. The number of hydrogen-bond donors (Lipinski definition) is 2. The molecule has 0 radical (unpaired) electrons. The van der Waals surface area contributed by atoms with Crippen LogP contribution in [0.15, 0.2) is 30.3 Å². The number of nitrogens with zero attached hydrogens (tertiary/aromatic N) is 1. The predicted molar refractivity (Wildman–Crippen MR) is 54.6 cm³/mol. The molecule has 4 heteroatoms. The molecule has 1 unspecified atom stereocenters. The van der Waals surface area contributed by atoms with Gasteiger partial charge in [-0.2, -0.15) is 5.26 Å². The fourth-order valence-corrected chi connectivity index (χ4v) is 1.24. The Morgan fingerprint density at radius 1 is 1.47 bits per heavy atom. The highest BCUT2D eigenvalue weighted by atomic mass is 16.3. The van der Waals surface area contributed by atoms with Gasteiger partial charge in [0.1, 0.15) is 6.42 Å². The van der Waals surface area contributed by atoms with E-state index in [9.17, 15) is 4.79 Å². The summed E-state index contributed by atoms with van der Waals surface area (Å²) < 4.78 is 0. The SMILES string of the molecule is N#CCC(=O)NC(CO)c1ccccc1.